The topological polar surface area (TPSA) is 50.1 Å². The summed E-state index contributed by atoms with van der Waals surface area (Å²) in [6, 6.07) is 0.667. The first-order valence-corrected chi connectivity index (χ1v) is 5.52. The van der Waals surface area contributed by atoms with Gasteiger partial charge in [-0.3, -0.25) is 4.68 Å². The molecule has 0 bridgehead atoms. The largest absolute Gasteiger partial charge is 0.396 e. The van der Waals surface area contributed by atoms with E-state index >= 15 is 0 Å². The van der Waals surface area contributed by atoms with Gasteiger partial charge in [-0.2, -0.15) is 5.10 Å². The highest BCUT2D eigenvalue weighted by Crippen LogP contribution is 2.16. The van der Waals surface area contributed by atoms with Gasteiger partial charge in [0.2, 0.25) is 0 Å². The summed E-state index contributed by atoms with van der Waals surface area (Å²) in [4.78, 5) is 0. The third-order valence-corrected chi connectivity index (χ3v) is 2.58. The Labute approximate surface area is 91.3 Å². The van der Waals surface area contributed by atoms with Crippen molar-refractivity contribution in [2.24, 2.45) is 7.05 Å². The van der Waals surface area contributed by atoms with Crippen LogP contribution in [-0.2, 0) is 7.05 Å². The molecular formula is C11H21N3O. The average Bonchev–Trinajstić information content (AvgIpc) is 2.61. The van der Waals surface area contributed by atoms with Gasteiger partial charge < -0.3 is 10.4 Å². The van der Waals surface area contributed by atoms with Crippen LogP contribution >= 0.6 is 0 Å². The molecule has 0 aliphatic heterocycles. The number of nitrogens with one attached hydrogen (secondary N) is 1. The minimum Gasteiger partial charge on any atom is -0.396 e. The van der Waals surface area contributed by atoms with Gasteiger partial charge in [-0.05, 0) is 19.8 Å². The van der Waals surface area contributed by atoms with Crippen LogP contribution in [-0.4, -0.2) is 27.5 Å². The van der Waals surface area contributed by atoms with E-state index in [0.717, 1.165) is 12.8 Å². The van der Waals surface area contributed by atoms with Gasteiger partial charge in [0.15, 0.2) is 0 Å². The van der Waals surface area contributed by atoms with E-state index < -0.39 is 0 Å². The monoisotopic (exact) mass is 211 g/mol. The molecule has 15 heavy (non-hydrogen) atoms. The van der Waals surface area contributed by atoms with E-state index in [0.29, 0.717) is 12.1 Å². The van der Waals surface area contributed by atoms with E-state index in [9.17, 15) is 0 Å². The second kappa shape index (κ2) is 5.88. The van der Waals surface area contributed by atoms with Gasteiger partial charge in [0.1, 0.15) is 0 Å². The van der Waals surface area contributed by atoms with Gasteiger partial charge in [0, 0.05) is 37.5 Å². The van der Waals surface area contributed by atoms with Crippen LogP contribution in [0.4, 0.5) is 0 Å². The molecule has 0 fully saturated rings. The quantitative estimate of drug-likeness (QED) is 0.744. The Bertz CT molecular complexity index is 285. The first kappa shape index (κ1) is 12.2. The number of rotatable bonds is 6. The summed E-state index contributed by atoms with van der Waals surface area (Å²) < 4.78 is 1.82. The van der Waals surface area contributed by atoms with Crippen molar-refractivity contribution < 1.29 is 5.11 Å². The molecule has 86 valence electrons. The van der Waals surface area contributed by atoms with Gasteiger partial charge >= 0.3 is 0 Å². The van der Waals surface area contributed by atoms with Crippen molar-refractivity contribution >= 4 is 0 Å². The second-order valence-corrected chi connectivity index (χ2v) is 3.99. The molecule has 0 spiro atoms. The Morgan fingerprint density at radius 2 is 2.33 bits per heavy atom. The lowest BCUT2D eigenvalue weighted by atomic mass is 10.1. The first-order chi connectivity index (χ1) is 7.17. The van der Waals surface area contributed by atoms with Crippen LogP contribution in [0.15, 0.2) is 12.4 Å². The third kappa shape index (κ3) is 3.64. The number of aliphatic hydroxyl groups excluding tert-OH is 1. The van der Waals surface area contributed by atoms with Crippen LogP contribution in [0.3, 0.4) is 0 Å². The van der Waals surface area contributed by atoms with Crippen LogP contribution in [0.5, 0.6) is 0 Å². The van der Waals surface area contributed by atoms with Crippen LogP contribution in [0.1, 0.15) is 38.3 Å². The summed E-state index contributed by atoms with van der Waals surface area (Å²) >= 11 is 0. The summed E-state index contributed by atoms with van der Waals surface area (Å²) in [7, 11) is 1.92. The molecule has 4 nitrogen and oxygen atoms in total. The summed E-state index contributed by atoms with van der Waals surface area (Å²) in [6.07, 6.45) is 5.75. The Balaban J connectivity index is 2.56. The van der Waals surface area contributed by atoms with Gasteiger partial charge in [-0.15, -0.1) is 0 Å². The van der Waals surface area contributed by atoms with Crippen molar-refractivity contribution in [3.05, 3.63) is 18.0 Å². The fraction of sp³-hybridized carbons (Fsp3) is 0.727. The van der Waals surface area contributed by atoms with E-state index in [-0.39, 0.29) is 6.61 Å². The normalized spacial score (nSPS) is 15.2. The minimum atomic E-state index is 0.234. The highest BCUT2D eigenvalue weighted by molar-refractivity contribution is 5.10. The molecule has 0 radical (unpaired) electrons. The molecule has 0 saturated carbocycles. The lowest BCUT2D eigenvalue weighted by Crippen LogP contribution is -2.30. The molecular weight excluding hydrogens is 190 g/mol. The number of aryl methyl sites for hydroxylation is 1. The fourth-order valence-corrected chi connectivity index (χ4v) is 1.69. The van der Waals surface area contributed by atoms with Gasteiger partial charge in [0.25, 0.3) is 0 Å². The van der Waals surface area contributed by atoms with Crippen LogP contribution in [0.2, 0.25) is 0 Å². The number of aromatic nitrogens is 2. The van der Waals surface area contributed by atoms with Crippen molar-refractivity contribution in [3.63, 3.8) is 0 Å². The molecule has 0 amide bonds. The Kier molecular flexibility index (Phi) is 4.78. The molecule has 1 rings (SSSR count). The minimum absolute atomic E-state index is 0.234. The van der Waals surface area contributed by atoms with Crippen LogP contribution in [0.25, 0.3) is 0 Å². The lowest BCUT2D eigenvalue weighted by Gasteiger charge is -2.20. The molecule has 0 saturated heterocycles. The zero-order valence-corrected chi connectivity index (χ0v) is 9.77. The lowest BCUT2D eigenvalue weighted by molar-refractivity contribution is 0.262. The van der Waals surface area contributed by atoms with Crippen LogP contribution in [0, 0.1) is 0 Å². The highest BCUT2D eigenvalue weighted by atomic mass is 16.3. The van der Waals surface area contributed by atoms with E-state index in [4.69, 9.17) is 5.11 Å². The molecule has 0 aliphatic rings. The van der Waals surface area contributed by atoms with Crippen molar-refractivity contribution in [1.29, 1.82) is 0 Å². The molecule has 0 aliphatic carbocycles. The highest BCUT2D eigenvalue weighted by Gasteiger charge is 2.13. The Hall–Kier alpha value is -0.870. The van der Waals surface area contributed by atoms with Crippen molar-refractivity contribution in [1.82, 2.24) is 15.1 Å². The predicted molar refractivity (Wildman–Crippen MR) is 60.5 cm³/mol. The summed E-state index contributed by atoms with van der Waals surface area (Å²) in [5.41, 5.74) is 1.21. The maximum Gasteiger partial charge on any atom is 0.0537 e. The molecule has 4 heteroatoms. The van der Waals surface area contributed by atoms with Crippen molar-refractivity contribution in [2.75, 3.05) is 6.61 Å². The second-order valence-electron chi connectivity index (χ2n) is 3.99. The molecule has 1 aromatic rings. The smallest absolute Gasteiger partial charge is 0.0537 e. The number of hydrogen-bond donors (Lipinski definition) is 2. The van der Waals surface area contributed by atoms with E-state index in [1.54, 1.807) is 0 Å². The maximum absolute atomic E-state index is 8.84. The predicted octanol–water partition coefficient (Wildman–Crippen LogP) is 1.23. The Morgan fingerprint density at radius 1 is 1.60 bits per heavy atom. The van der Waals surface area contributed by atoms with Gasteiger partial charge in [-0.1, -0.05) is 6.92 Å². The number of hydrogen-bond acceptors (Lipinski definition) is 3. The SMILES string of the molecule is CCC(NC(C)CCO)c1cnn(C)c1. The third-order valence-electron chi connectivity index (χ3n) is 2.58. The number of aliphatic hydroxyl groups is 1. The summed E-state index contributed by atoms with van der Waals surface area (Å²) in [5.74, 6) is 0. The van der Waals surface area contributed by atoms with Crippen molar-refractivity contribution in [3.8, 4) is 0 Å². The molecule has 2 N–H and O–H groups in total. The van der Waals surface area contributed by atoms with Gasteiger partial charge in [-0.25, -0.2) is 0 Å². The summed E-state index contributed by atoms with van der Waals surface area (Å²) in [5, 5.41) is 16.5. The molecule has 2 atom stereocenters. The van der Waals surface area contributed by atoms with E-state index in [1.807, 2.05) is 24.1 Å². The first-order valence-electron chi connectivity index (χ1n) is 5.52. The van der Waals surface area contributed by atoms with E-state index in [1.165, 1.54) is 5.56 Å². The zero-order valence-electron chi connectivity index (χ0n) is 9.77. The molecule has 0 aromatic carbocycles. The average molecular weight is 211 g/mol. The standard InChI is InChI=1S/C11H21N3O/c1-4-11(13-9(2)5-6-15)10-7-12-14(3)8-10/h7-9,11,13,15H,4-6H2,1-3H3. The molecule has 1 heterocycles. The summed E-state index contributed by atoms with van der Waals surface area (Å²) in [6.45, 7) is 4.48. The fourth-order valence-electron chi connectivity index (χ4n) is 1.69. The van der Waals surface area contributed by atoms with Crippen LogP contribution < -0.4 is 5.32 Å². The molecule has 2 unspecified atom stereocenters. The Morgan fingerprint density at radius 3 is 2.80 bits per heavy atom. The van der Waals surface area contributed by atoms with Crippen molar-refractivity contribution in [2.45, 2.75) is 38.8 Å². The van der Waals surface area contributed by atoms with E-state index in [2.05, 4.69) is 24.3 Å². The molecule has 1 aromatic heterocycles. The van der Waals surface area contributed by atoms with Gasteiger partial charge in [0.05, 0.1) is 6.20 Å². The maximum atomic E-state index is 8.84. The number of nitrogens with zero attached hydrogens (tertiary/aromatic N) is 2. The zero-order chi connectivity index (χ0) is 11.3.